The third-order valence-corrected chi connectivity index (χ3v) is 9.39. The van der Waals surface area contributed by atoms with Crippen molar-refractivity contribution in [2.24, 2.45) is 0 Å². The van der Waals surface area contributed by atoms with E-state index in [1.807, 2.05) is 0 Å². The summed E-state index contributed by atoms with van der Waals surface area (Å²) in [6.07, 6.45) is -1.63. The normalized spacial score (nSPS) is 11.1. The van der Waals surface area contributed by atoms with Gasteiger partial charge in [0.05, 0.1) is 64.0 Å². The molecule has 0 fully saturated rings. The Morgan fingerprint density at radius 3 is 0.829 bits per heavy atom. The van der Waals surface area contributed by atoms with Crippen molar-refractivity contribution in [3.63, 3.8) is 0 Å². The molecule has 0 unspecified atom stereocenters. The quantitative estimate of drug-likeness (QED) is 0.262. The van der Waals surface area contributed by atoms with Gasteiger partial charge < -0.3 is 51.9 Å². The van der Waals surface area contributed by atoms with Crippen molar-refractivity contribution in [1.82, 2.24) is 0 Å². The van der Waals surface area contributed by atoms with Gasteiger partial charge in [-0.3, -0.25) is 0 Å². The molecule has 1 N–H and O–H groups in total. The molecule has 12 nitrogen and oxygen atoms in total. The fraction of sp³-hybridized carbons (Fsp3) is 0.321. The standard InChI is InChI=1S/C28H34O12S/c1-31-16-10-19(34-4)25(20(11-16)35-5)41(40-28(29)30,26-21(36-6)12-17(32-2)13-22(26)37-7)27-23(38-8)14-18(33-3)15-24(27)39-9/h10-15H,1-9H3,(H,29,30). The molecule has 0 aliphatic heterocycles. The van der Waals surface area contributed by atoms with Gasteiger partial charge in [-0.15, -0.1) is 0 Å². The summed E-state index contributed by atoms with van der Waals surface area (Å²) in [7, 11) is 9.40. The fourth-order valence-electron chi connectivity index (χ4n) is 4.31. The van der Waals surface area contributed by atoms with Crippen LogP contribution in [0.5, 0.6) is 51.7 Å². The molecule has 13 heteroatoms. The van der Waals surface area contributed by atoms with Crippen LogP contribution < -0.4 is 42.6 Å². The summed E-state index contributed by atoms with van der Waals surface area (Å²) in [6.45, 7) is 0. The Kier molecular flexibility index (Phi) is 10.0. The Morgan fingerprint density at radius 2 is 0.683 bits per heavy atom. The predicted molar refractivity (Wildman–Crippen MR) is 150 cm³/mol. The zero-order valence-corrected chi connectivity index (χ0v) is 25.1. The minimum Gasteiger partial charge on any atom is -0.496 e. The summed E-state index contributed by atoms with van der Waals surface area (Å²) in [5.74, 6) is 2.22. The second-order valence-electron chi connectivity index (χ2n) is 7.99. The van der Waals surface area contributed by atoms with E-state index >= 15 is 0 Å². The smallest absolute Gasteiger partial charge is 0.496 e. The highest BCUT2D eigenvalue weighted by atomic mass is 32.3. The summed E-state index contributed by atoms with van der Waals surface area (Å²) in [5, 5.41) is 10.4. The lowest BCUT2D eigenvalue weighted by molar-refractivity contribution is 0.149. The van der Waals surface area contributed by atoms with E-state index in [1.54, 1.807) is 36.4 Å². The first-order valence-electron chi connectivity index (χ1n) is 11.9. The number of ether oxygens (including phenoxy) is 9. The first kappa shape index (κ1) is 31.0. The lowest BCUT2D eigenvalue weighted by Gasteiger charge is -2.42. The molecule has 0 atom stereocenters. The van der Waals surface area contributed by atoms with Crippen LogP contribution in [0.3, 0.4) is 0 Å². The van der Waals surface area contributed by atoms with E-state index in [-0.39, 0.29) is 49.2 Å². The molecule has 0 aromatic heterocycles. The maximum atomic E-state index is 12.8. The van der Waals surface area contributed by atoms with Crippen LogP contribution in [0, 0.1) is 0 Å². The molecule has 0 spiro atoms. The molecule has 41 heavy (non-hydrogen) atoms. The summed E-state index contributed by atoms with van der Waals surface area (Å²) in [6, 6.07) is 9.47. The number of methoxy groups -OCH3 is 9. The van der Waals surface area contributed by atoms with Crippen molar-refractivity contribution < 1.29 is 56.7 Å². The summed E-state index contributed by atoms with van der Waals surface area (Å²) >= 11 is 0. The molecular weight excluding hydrogens is 560 g/mol. The van der Waals surface area contributed by atoms with Gasteiger partial charge in [-0.1, -0.05) is 0 Å². The first-order chi connectivity index (χ1) is 19.7. The molecule has 0 saturated heterocycles. The minimum atomic E-state index is -3.58. The number of hydrogen-bond acceptors (Lipinski definition) is 11. The van der Waals surface area contributed by atoms with Crippen molar-refractivity contribution >= 4 is 16.5 Å². The van der Waals surface area contributed by atoms with Crippen LogP contribution in [0.25, 0.3) is 0 Å². The van der Waals surface area contributed by atoms with Crippen molar-refractivity contribution in [3.8, 4) is 51.7 Å². The molecule has 0 amide bonds. The average molecular weight is 595 g/mol. The molecule has 0 radical (unpaired) electrons. The van der Waals surface area contributed by atoms with Crippen LogP contribution in [0.1, 0.15) is 0 Å². The molecule has 224 valence electrons. The summed E-state index contributed by atoms with van der Waals surface area (Å²) in [5.41, 5.74) is 0. The Bertz CT molecular complexity index is 1160. The second kappa shape index (κ2) is 13.2. The van der Waals surface area contributed by atoms with Crippen LogP contribution in [-0.2, 0) is 4.18 Å². The Labute approximate surface area is 240 Å². The van der Waals surface area contributed by atoms with Crippen LogP contribution >= 0.6 is 10.3 Å². The van der Waals surface area contributed by atoms with Crippen molar-refractivity contribution in [2.45, 2.75) is 14.7 Å². The zero-order chi connectivity index (χ0) is 30.3. The molecule has 3 aromatic carbocycles. The highest BCUT2D eigenvalue weighted by molar-refractivity contribution is 8.30. The molecule has 0 heterocycles. The largest absolute Gasteiger partial charge is 0.517 e. The van der Waals surface area contributed by atoms with Crippen LogP contribution in [0.15, 0.2) is 51.1 Å². The van der Waals surface area contributed by atoms with E-state index in [1.165, 1.54) is 64.0 Å². The monoisotopic (exact) mass is 594 g/mol. The van der Waals surface area contributed by atoms with Gasteiger partial charge in [0.1, 0.15) is 66.4 Å². The van der Waals surface area contributed by atoms with Crippen molar-refractivity contribution in [1.29, 1.82) is 0 Å². The van der Waals surface area contributed by atoms with Gasteiger partial charge in [-0.2, -0.15) is 0 Å². The number of benzene rings is 3. The molecule has 0 bridgehead atoms. The number of rotatable bonds is 13. The van der Waals surface area contributed by atoms with Gasteiger partial charge in [0.15, 0.2) is 0 Å². The number of carboxylic acid groups (broad SMARTS) is 1. The molecule has 0 saturated carbocycles. The van der Waals surface area contributed by atoms with Gasteiger partial charge in [0.2, 0.25) is 0 Å². The Hall–Kier alpha value is -4.52. The molecule has 0 aliphatic carbocycles. The first-order valence-corrected chi connectivity index (χ1v) is 13.4. The lowest BCUT2D eigenvalue weighted by Crippen LogP contribution is -2.17. The Balaban J connectivity index is 2.82. The highest BCUT2D eigenvalue weighted by Gasteiger charge is 2.49. The van der Waals surface area contributed by atoms with Crippen molar-refractivity contribution in [2.75, 3.05) is 64.0 Å². The molecular formula is C28H34O12S. The fourth-order valence-corrected chi connectivity index (χ4v) is 7.94. The van der Waals surface area contributed by atoms with Gasteiger partial charge >= 0.3 is 6.16 Å². The minimum absolute atomic E-state index is 0.178. The van der Waals surface area contributed by atoms with E-state index in [2.05, 4.69) is 0 Å². The van der Waals surface area contributed by atoms with Gasteiger partial charge in [-0.25, -0.2) is 4.79 Å². The van der Waals surface area contributed by atoms with E-state index in [0.717, 1.165) is 0 Å². The molecule has 0 aliphatic rings. The van der Waals surface area contributed by atoms with Crippen LogP contribution in [0.4, 0.5) is 4.79 Å². The summed E-state index contributed by atoms with van der Waals surface area (Å²) in [4.78, 5) is 13.3. The highest BCUT2D eigenvalue weighted by Crippen LogP contribution is 2.80. The lowest BCUT2D eigenvalue weighted by atomic mass is 10.3. The van der Waals surface area contributed by atoms with Crippen molar-refractivity contribution in [3.05, 3.63) is 36.4 Å². The number of carbonyl (C=O) groups is 1. The third-order valence-electron chi connectivity index (χ3n) is 6.07. The van der Waals surface area contributed by atoms with E-state index < -0.39 is 16.5 Å². The number of hydrogen-bond donors (Lipinski definition) is 1. The van der Waals surface area contributed by atoms with E-state index in [9.17, 15) is 9.90 Å². The van der Waals surface area contributed by atoms with Gasteiger partial charge in [-0.05, 0) is 0 Å². The van der Waals surface area contributed by atoms with Gasteiger partial charge in [0.25, 0.3) is 0 Å². The average Bonchev–Trinajstić information content (AvgIpc) is 3.01. The van der Waals surface area contributed by atoms with E-state index in [0.29, 0.717) is 17.2 Å². The molecule has 3 rings (SSSR count). The maximum Gasteiger partial charge on any atom is 0.517 e. The summed E-state index contributed by atoms with van der Waals surface area (Å²) < 4.78 is 57.4. The van der Waals surface area contributed by atoms with Crippen LogP contribution in [0.2, 0.25) is 0 Å². The maximum absolute atomic E-state index is 12.8. The third kappa shape index (κ3) is 5.57. The predicted octanol–water partition coefficient (Wildman–Crippen LogP) is 5.66. The van der Waals surface area contributed by atoms with Crippen LogP contribution in [-0.4, -0.2) is 75.3 Å². The zero-order valence-electron chi connectivity index (χ0n) is 24.3. The SMILES string of the molecule is COc1cc(OC)c(S(OC(=O)O)(c2c(OC)cc(OC)cc2OC)c2c(OC)cc(OC)cc2OC)c(OC)c1. The molecule has 3 aromatic rings. The second-order valence-corrected chi connectivity index (χ2v) is 10.5. The topological polar surface area (TPSA) is 130 Å². The van der Waals surface area contributed by atoms with Gasteiger partial charge in [0, 0.05) is 46.7 Å². The van der Waals surface area contributed by atoms with E-state index in [4.69, 9.17) is 46.8 Å². The Morgan fingerprint density at radius 1 is 0.463 bits per heavy atom.